The number of piperidine rings is 1. The van der Waals surface area contributed by atoms with E-state index in [1.165, 1.54) is 11.0 Å². The summed E-state index contributed by atoms with van der Waals surface area (Å²) in [5.41, 5.74) is -0.188. The maximum atomic E-state index is 13.9. The van der Waals surface area contributed by atoms with Crippen molar-refractivity contribution in [3.8, 4) is 0 Å². The van der Waals surface area contributed by atoms with E-state index in [0.717, 1.165) is 25.0 Å². The minimum atomic E-state index is -0.865. The van der Waals surface area contributed by atoms with E-state index in [9.17, 15) is 18.4 Å². The summed E-state index contributed by atoms with van der Waals surface area (Å²) in [6.45, 7) is 0.634. The molecule has 1 aromatic carbocycles. The summed E-state index contributed by atoms with van der Waals surface area (Å²) < 4.78 is 29.5. The number of nitrogens with zero attached hydrogens (tertiary/aromatic N) is 5. The summed E-state index contributed by atoms with van der Waals surface area (Å²) in [4.78, 5) is 33.6. The highest BCUT2D eigenvalue weighted by Gasteiger charge is 2.31. The molecule has 2 fully saturated rings. The van der Waals surface area contributed by atoms with Crippen LogP contribution in [-0.4, -0.2) is 48.9 Å². The molecule has 1 aliphatic heterocycles. The second kappa shape index (κ2) is 6.71. The van der Waals surface area contributed by atoms with E-state index in [2.05, 4.69) is 20.3 Å². The molecule has 10 heteroatoms. The molecule has 150 valence electrons. The Labute approximate surface area is 163 Å². The van der Waals surface area contributed by atoms with E-state index in [0.29, 0.717) is 37.4 Å². The molecule has 0 bridgehead atoms. The van der Waals surface area contributed by atoms with Gasteiger partial charge in [0.05, 0.1) is 6.04 Å². The fourth-order valence-corrected chi connectivity index (χ4v) is 3.83. The molecule has 8 nitrogen and oxygen atoms in total. The number of halogens is 2. The Morgan fingerprint density at radius 1 is 1.10 bits per heavy atom. The quantitative estimate of drug-likeness (QED) is 0.727. The second-order valence-corrected chi connectivity index (χ2v) is 7.55. The molecule has 1 N–H and O–H groups in total. The first kappa shape index (κ1) is 17.9. The lowest BCUT2D eigenvalue weighted by atomic mass is 10.0. The van der Waals surface area contributed by atoms with Gasteiger partial charge in [0.25, 0.3) is 11.5 Å². The SMILES string of the molecule is O=C(c1c(F)cccc1F)N1CCC(n2nnc3c(=O)[nH]c(C4CC4)nc32)CC1. The van der Waals surface area contributed by atoms with E-state index in [4.69, 9.17) is 0 Å². The van der Waals surface area contributed by atoms with Crippen LogP contribution in [0.3, 0.4) is 0 Å². The smallest absolute Gasteiger partial charge is 0.281 e. The van der Waals surface area contributed by atoms with Crippen molar-refractivity contribution < 1.29 is 13.6 Å². The Kier molecular flexibility index (Phi) is 4.14. The molecular formula is C19H18F2N6O2. The molecule has 1 amide bonds. The lowest BCUT2D eigenvalue weighted by Crippen LogP contribution is -2.40. The molecule has 0 radical (unpaired) electrons. The molecule has 2 aromatic heterocycles. The van der Waals surface area contributed by atoms with Gasteiger partial charge < -0.3 is 9.88 Å². The molecule has 0 atom stereocenters. The molecule has 29 heavy (non-hydrogen) atoms. The van der Waals surface area contributed by atoms with Crippen molar-refractivity contribution in [3.63, 3.8) is 0 Å². The van der Waals surface area contributed by atoms with Crippen LogP contribution in [0, 0.1) is 11.6 Å². The van der Waals surface area contributed by atoms with E-state index < -0.39 is 23.1 Å². The zero-order chi connectivity index (χ0) is 20.1. The zero-order valence-electron chi connectivity index (χ0n) is 15.4. The number of hydrogen-bond donors (Lipinski definition) is 1. The maximum Gasteiger partial charge on any atom is 0.281 e. The average molecular weight is 400 g/mol. The van der Waals surface area contributed by atoms with Gasteiger partial charge in [-0.15, -0.1) is 5.10 Å². The normalized spacial score (nSPS) is 17.8. The van der Waals surface area contributed by atoms with Gasteiger partial charge >= 0.3 is 0 Å². The van der Waals surface area contributed by atoms with Gasteiger partial charge in [0.2, 0.25) is 0 Å². The molecule has 3 aromatic rings. The Hall–Kier alpha value is -3.17. The van der Waals surface area contributed by atoms with Crippen molar-refractivity contribution in [2.45, 2.75) is 37.6 Å². The fraction of sp³-hybridized carbons (Fsp3) is 0.421. The monoisotopic (exact) mass is 400 g/mol. The number of carbonyl (C=O) groups is 1. The average Bonchev–Trinajstić information content (AvgIpc) is 3.47. The lowest BCUT2D eigenvalue weighted by molar-refractivity contribution is 0.0681. The van der Waals surface area contributed by atoms with Crippen LogP contribution >= 0.6 is 0 Å². The fourth-order valence-electron chi connectivity index (χ4n) is 3.83. The van der Waals surface area contributed by atoms with Crippen LogP contribution in [0.15, 0.2) is 23.0 Å². The highest BCUT2D eigenvalue weighted by Crippen LogP contribution is 2.38. The Bertz CT molecular complexity index is 1140. The van der Waals surface area contributed by atoms with Gasteiger partial charge in [-0.1, -0.05) is 11.3 Å². The van der Waals surface area contributed by atoms with Crippen LogP contribution in [0.2, 0.25) is 0 Å². The Morgan fingerprint density at radius 3 is 2.45 bits per heavy atom. The van der Waals surface area contributed by atoms with Crippen molar-refractivity contribution in [1.29, 1.82) is 0 Å². The van der Waals surface area contributed by atoms with Gasteiger partial charge in [-0.25, -0.2) is 18.4 Å². The largest absolute Gasteiger partial charge is 0.338 e. The van der Waals surface area contributed by atoms with Gasteiger partial charge in [-0.2, -0.15) is 0 Å². The Morgan fingerprint density at radius 2 is 1.79 bits per heavy atom. The van der Waals surface area contributed by atoms with Crippen LogP contribution < -0.4 is 5.56 Å². The highest BCUT2D eigenvalue weighted by molar-refractivity contribution is 5.94. The second-order valence-electron chi connectivity index (χ2n) is 7.55. The molecule has 1 aliphatic carbocycles. The number of rotatable bonds is 3. The molecule has 1 saturated heterocycles. The predicted molar refractivity (Wildman–Crippen MR) is 98.5 cm³/mol. The third kappa shape index (κ3) is 3.08. The number of carbonyl (C=O) groups excluding carboxylic acids is 1. The number of aromatic nitrogens is 5. The third-order valence-electron chi connectivity index (χ3n) is 5.59. The number of benzene rings is 1. The maximum absolute atomic E-state index is 13.9. The van der Waals surface area contributed by atoms with Crippen LogP contribution in [0.5, 0.6) is 0 Å². The zero-order valence-corrected chi connectivity index (χ0v) is 15.4. The number of hydrogen-bond acceptors (Lipinski definition) is 5. The first-order chi connectivity index (χ1) is 14.0. The number of aromatic amines is 1. The molecule has 3 heterocycles. The number of H-pyrrole nitrogens is 1. The summed E-state index contributed by atoms with van der Waals surface area (Å²) in [6, 6.07) is 3.28. The van der Waals surface area contributed by atoms with Crippen molar-refractivity contribution in [3.05, 3.63) is 51.6 Å². The standard InChI is InChI=1S/C19H18F2N6O2/c20-12-2-1-3-13(21)14(12)19(29)26-8-6-11(7-9-26)27-17-15(24-25-27)18(28)23-16(22-17)10-4-5-10/h1-3,10-11H,4-9H2,(H,22,23,28). The number of likely N-dealkylation sites (tertiary alicyclic amines) is 1. The van der Waals surface area contributed by atoms with Gasteiger partial charge in [0.15, 0.2) is 11.2 Å². The summed E-state index contributed by atoms with van der Waals surface area (Å²) >= 11 is 0. The molecule has 0 unspecified atom stereocenters. The molecular weight excluding hydrogens is 382 g/mol. The van der Waals surface area contributed by atoms with Gasteiger partial charge in [0.1, 0.15) is 23.0 Å². The molecule has 0 spiro atoms. The summed E-state index contributed by atoms with van der Waals surface area (Å²) in [7, 11) is 0. The number of amides is 1. The molecule has 5 rings (SSSR count). The van der Waals surface area contributed by atoms with Crippen molar-refractivity contribution >= 4 is 17.1 Å². The van der Waals surface area contributed by atoms with Gasteiger partial charge in [0, 0.05) is 19.0 Å². The first-order valence-corrected chi connectivity index (χ1v) is 9.61. The Balaban J connectivity index is 1.37. The number of nitrogens with one attached hydrogen (secondary N) is 1. The summed E-state index contributed by atoms with van der Waals surface area (Å²) in [5.74, 6) is -1.45. The van der Waals surface area contributed by atoms with E-state index in [1.54, 1.807) is 4.68 Å². The van der Waals surface area contributed by atoms with Crippen molar-refractivity contribution in [1.82, 2.24) is 29.9 Å². The summed E-state index contributed by atoms with van der Waals surface area (Å²) in [6.07, 6.45) is 3.05. The third-order valence-corrected chi connectivity index (χ3v) is 5.59. The molecule has 2 aliphatic rings. The lowest BCUT2D eigenvalue weighted by Gasteiger charge is -2.32. The molecule has 1 saturated carbocycles. The minimum Gasteiger partial charge on any atom is -0.338 e. The van der Waals surface area contributed by atoms with Crippen molar-refractivity contribution in [2.75, 3.05) is 13.1 Å². The van der Waals surface area contributed by atoms with Crippen LogP contribution in [0.25, 0.3) is 11.2 Å². The van der Waals surface area contributed by atoms with Gasteiger partial charge in [-0.3, -0.25) is 9.59 Å². The first-order valence-electron chi connectivity index (χ1n) is 9.61. The van der Waals surface area contributed by atoms with Crippen LogP contribution in [0.4, 0.5) is 8.78 Å². The number of fused-ring (bicyclic) bond motifs is 1. The highest BCUT2D eigenvalue weighted by atomic mass is 19.1. The topological polar surface area (TPSA) is 96.8 Å². The van der Waals surface area contributed by atoms with E-state index in [1.807, 2.05) is 0 Å². The predicted octanol–water partition coefficient (Wildman–Crippen LogP) is 2.15. The summed E-state index contributed by atoms with van der Waals surface area (Å²) in [5, 5.41) is 8.08. The van der Waals surface area contributed by atoms with E-state index in [-0.39, 0.29) is 23.0 Å². The van der Waals surface area contributed by atoms with Crippen LogP contribution in [-0.2, 0) is 0 Å². The van der Waals surface area contributed by atoms with E-state index >= 15 is 0 Å². The minimum absolute atomic E-state index is 0.101. The van der Waals surface area contributed by atoms with Crippen molar-refractivity contribution in [2.24, 2.45) is 0 Å². The van der Waals surface area contributed by atoms with Gasteiger partial charge in [-0.05, 0) is 37.8 Å². The van der Waals surface area contributed by atoms with Crippen LogP contribution in [0.1, 0.15) is 53.8 Å².